The summed E-state index contributed by atoms with van der Waals surface area (Å²) in [4.78, 5) is 35.6. The molecule has 0 saturated carbocycles. The van der Waals surface area contributed by atoms with Crippen molar-refractivity contribution in [3.8, 4) is 0 Å². The molecule has 1 fully saturated rings. The lowest BCUT2D eigenvalue weighted by molar-refractivity contribution is -0.156. The number of amides is 2. The van der Waals surface area contributed by atoms with E-state index in [0.29, 0.717) is 19.5 Å². The molecular formula is C20H29FN2O6. The number of carbonyl (C=O) groups excluding carboxylic acids is 2. The van der Waals surface area contributed by atoms with E-state index in [0.717, 1.165) is 25.3 Å². The van der Waals surface area contributed by atoms with Crippen molar-refractivity contribution in [1.29, 1.82) is 0 Å². The molecule has 2 unspecified atom stereocenters. The third-order valence-corrected chi connectivity index (χ3v) is 4.36. The number of carbonyl (C=O) groups is 3. The number of carboxylic acid groups (broad SMARTS) is 1. The minimum Gasteiger partial charge on any atom is -0.479 e. The number of halogens is 1. The molecule has 0 spiro atoms. The number of piperidine rings is 1. The second kappa shape index (κ2) is 12.8. The summed E-state index contributed by atoms with van der Waals surface area (Å²) in [6, 6.07) is 3.55. The van der Waals surface area contributed by atoms with Gasteiger partial charge in [0.25, 0.3) is 5.91 Å². The molecule has 2 amide bonds. The Morgan fingerprint density at radius 2 is 1.93 bits per heavy atom. The van der Waals surface area contributed by atoms with Crippen LogP contribution in [0.15, 0.2) is 18.2 Å². The summed E-state index contributed by atoms with van der Waals surface area (Å²) in [7, 11) is 0. The summed E-state index contributed by atoms with van der Waals surface area (Å²) in [6.45, 7) is 5.11. The fourth-order valence-corrected chi connectivity index (χ4v) is 2.95. The summed E-state index contributed by atoms with van der Waals surface area (Å²) < 4.78 is 19.6. The van der Waals surface area contributed by atoms with E-state index in [1.54, 1.807) is 4.90 Å². The molecule has 2 atom stereocenters. The van der Waals surface area contributed by atoms with Crippen molar-refractivity contribution in [2.75, 3.05) is 26.2 Å². The van der Waals surface area contributed by atoms with Crippen LogP contribution in [0.25, 0.3) is 0 Å². The molecule has 3 N–H and O–H groups in total. The van der Waals surface area contributed by atoms with Crippen LogP contribution in [0.4, 0.5) is 4.39 Å². The van der Waals surface area contributed by atoms with E-state index in [-0.39, 0.29) is 24.3 Å². The minimum absolute atomic E-state index is 0.0689. The molecule has 29 heavy (non-hydrogen) atoms. The van der Waals surface area contributed by atoms with Crippen LogP contribution in [0.2, 0.25) is 0 Å². The summed E-state index contributed by atoms with van der Waals surface area (Å²) in [5, 5.41) is 21.4. The summed E-state index contributed by atoms with van der Waals surface area (Å²) in [6.07, 6.45) is -0.0594. The number of aliphatic carboxylic acids is 1. The van der Waals surface area contributed by atoms with E-state index in [9.17, 15) is 23.9 Å². The molecular weight excluding hydrogens is 383 g/mol. The maximum atomic E-state index is 14.2. The van der Waals surface area contributed by atoms with Gasteiger partial charge in [0, 0.05) is 19.6 Å². The molecule has 2 rings (SSSR count). The molecule has 8 nitrogen and oxygen atoms in total. The first-order valence-corrected chi connectivity index (χ1v) is 9.74. The number of nitrogens with one attached hydrogen (secondary N) is 1. The molecule has 1 saturated heterocycles. The van der Waals surface area contributed by atoms with E-state index in [4.69, 9.17) is 9.84 Å². The monoisotopic (exact) mass is 412 g/mol. The van der Waals surface area contributed by atoms with Crippen LogP contribution in [0.3, 0.4) is 0 Å². The van der Waals surface area contributed by atoms with Gasteiger partial charge in [0.05, 0.1) is 12.2 Å². The predicted octanol–water partition coefficient (Wildman–Crippen LogP) is 1.73. The zero-order valence-electron chi connectivity index (χ0n) is 16.8. The van der Waals surface area contributed by atoms with Gasteiger partial charge in [-0.05, 0) is 37.0 Å². The Morgan fingerprint density at radius 3 is 2.52 bits per heavy atom. The van der Waals surface area contributed by atoms with Gasteiger partial charge in [-0.2, -0.15) is 0 Å². The number of hydrogen-bond donors (Lipinski definition) is 3. The standard InChI is InChI=1S/C18H23FN2O6.C2H6/c19-14-5-4-12(10-13(14)17(24)21-7-2-1-3-8-21)16(15(23)18(25)26)27-9-6-20-11-22;1-2/h4-5,10-11,15-16,23H,1-3,6-9H2,(H,20,22)(H,25,26);1-2H3. The highest BCUT2D eigenvalue weighted by Gasteiger charge is 2.30. The van der Waals surface area contributed by atoms with Crippen molar-refractivity contribution in [3.63, 3.8) is 0 Å². The molecule has 0 aromatic heterocycles. The topological polar surface area (TPSA) is 116 Å². The molecule has 0 bridgehead atoms. The first-order chi connectivity index (χ1) is 14.0. The van der Waals surface area contributed by atoms with Crippen molar-refractivity contribution in [1.82, 2.24) is 10.2 Å². The third kappa shape index (κ3) is 7.10. The molecule has 162 valence electrons. The Hall–Kier alpha value is -2.52. The van der Waals surface area contributed by atoms with Crippen molar-refractivity contribution in [2.24, 2.45) is 0 Å². The number of nitrogens with zero attached hydrogens (tertiary/aromatic N) is 1. The average molecular weight is 412 g/mol. The second-order valence-electron chi connectivity index (χ2n) is 6.24. The fraction of sp³-hybridized carbons (Fsp3) is 0.550. The van der Waals surface area contributed by atoms with Crippen LogP contribution in [0.5, 0.6) is 0 Å². The first kappa shape index (κ1) is 24.5. The molecule has 0 radical (unpaired) electrons. The van der Waals surface area contributed by atoms with Gasteiger partial charge in [0.2, 0.25) is 6.41 Å². The Kier molecular flexibility index (Phi) is 10.9. The highest BCUT2D eigenvalue weighted by molar-refractivity contribution is 5.94. The molecule has 1 aliphatic rings. The molecule has 1 aliphatic heterocycles. The van der Waals surface area contributed by atoms with Gasteiger partial charge in [0.15, 0.2) is 6.10 Å². The molecule has 1 aromatic carbocycles. The number of rotatable bonds is 9. The lowest BCUT2D eigenvalue weighted by atomic mass is 10.00. The number of aliphatic hydroxyl groups excluding tert-OH is 1. The normalized spacial score (nSPS) is 15.5. The highest BCUT2D eigenvalue weighted by atomic mass is 19.1. The van der Waals surface area contributed by atoms with Crippen LogP contribution in [0, 0.1) is 5.82 Å². The van der Waals surface area contributed by atoms with E-state index in [2.05, 4.69) is 5.32 Å². The number of hydrogen-bond acceptors (Lipinski definition) is 5. The Balaban J connectivity index is 0.00000204. The SMILES string of the molecule is CC.O=CNCCOC(c1ccc(F)c(C(=O)N2CCCCC2)c1)C(O)C(=O)O. The van der Waals surface area contributed by atoms with Crippen LogP contribution in [-0.4, -0.2) is 65.7 Å². The Labute approximate surface area is 169 Å². The maximum Gasteiger partial charge on any atom is 0.335 e. The van der Waals surface area contributed by atoms with E-state index in [1.807, 2.05) is 13.8 Å². The molecule has 0 aliphatic carbocycles. The summed E-state index contributed by atoms with van der Waals surface area (Å²) in [5.41, 5.74) is -0.0237. The van der Waals surface area contributed by atoms with E-state index >= 15 is 0 Å². The second-order valence-corrected chi connectivity index (χ2v) is 6.24. The zero-order chi connectivity index (χ0) is 21.8. The van der Waals surface area contributed by atoms with Crippen molar-refractivity contribution in [3.05, 3.63) is 35.1 Å². The van der Waals surface area contributed by atoms with Crippen molar-refractivity contribution >= 4 is 18.3 Å². The van der Waals surface area contributed by atoms with Crippen LogP contribution < -0.4 is 5.32 Å². The average Bonchev–Trinajstić information content (AvgIpc) is 2.75. The van der Waals surface area contributed by atoms with Gasteiger partial charge in [-0.3, -0.25) is 9.59 Å². The minimum atomic E-state index is -1.91. The van der Waals surface area contributed by atoms with Crippen LogP contribution in [-0.2, 0) is 14.3 Å². The smallest absolute Gasteiger partial charge is 0.335 e. The highest BCUT2D eigenvalue weighted by Crippen LogP contribution is 2.25. The van der Waals surface area contributed by atoms with Gasteiger partial charge in [-0.25, -0.2) is 9.18 Å². The van der Waals surface area contributed by atoms with Gasteiger partial charge in [0.1, 0.15) is 11.9 Å². The van der Waals surface area contributed by atoms with Crippen LogP contribution in [0.1, 0.15) is 55.1 Å². The number of ether oxygens (including phenoxy) is 1. The van der Waals surface area contributed by atoms with Gasteiger partial charge < -0.3 is 25.2 Å². The van der Waals surface area contributed by atoms with Crippen molar-refractivity contribution in [2.45, 2.75) is 45.3 Å². The molecule has 1 heterocycles. The number of carboxylic acids is 1. The number of aliphatic hydroxyl groups is 1. The van der Waals surface area contributed by atoms with Gasteiger partial charge in [-0.1, -0.05) is 19.9 Å². The summed E-state index contributed by atoms with van der Waals surface area (Å²) in [5.74, 6) is -2.71. The van der Waals surface area contributed by atoms with Crippen molar-refractivity contribution < 1.29 is 33.7 Å². The maximum absolute atomic E-state index is 14.2. The summed E-state index contributed by atoms with van der Waals surface area (Å²) >= 11 is 0. The number of benzene rings is 1. The Bertz CT molecular complexity index is 679. The van der Waals surface area contributed by atoms with Crippen LogP contribution >= 0.6 is 0 Å². The lowest BCUT2D eigenvalue weighted by Crippen LogP contribution is -2.36. The Morgan fingerprint density at radius 1 is 1.28 bits per heavy atom. The van der Waals surface area contributed by atoms with Gasteiger partial charge in [-0.15, -0.1) is 0 Å². The van der Waals surface area contributed by atoms with Gasteiger partial charge >= 0.3 is 5.97 Å². The van der Waals surface area contributed by atoms with E-state index in [1.165, 1.54) is 12.1 Å². The largest absolute Gasteiger partial charge is 0.479 e. The van der Waals surface area contributed by atoms with E-state index < -0.39 is 29.9 Å². The quantitative estimate of drug-likeness (QED) is 0.420. The molecule has 1 aromatic rings. The number of likely N-dealkylation sites (tertiary alicyclic amines) is 1. The third-order valence-electron chi connectivity index (χ3n) is 4.36. The molecule has 9 heteroatoms. The lowest BCUT2D eigenvalue weighted by Gasteiger charge is -2.27. The first-order valence-electron chi connectivity index (χ1n) is 9.74. The fourth-order valence-electron chi connectivity index (χ4n) is 2.95. The predicted molar refractivity (Wildman–Crippen MR) is 104 cm³/mol. The zero-order valence-corrected chi connectivity index (χ0v) is 16.8.